The van der Waals surface area contributed by atoms with E-state index >= 15 is 0 Å². The van der Waals surface area contributed by atoms with Crippen molar-refractivity contribution in [2.24, 2.45) is 10.9 Å². The van der Waals surface area contributed by atoms with Gasteiger partial charge in [-0.15, -0.1) is 0 Å². The van der Waals surface area contributed by atoms with Crippen LogP contribution in [0.25, 0.3) is 22.8 Å². The standard InChI is InChI=1S/C26H22ClN5O2/c1-16(2)15-32-24(29-22(33)11-8-18-6-9-20(27)10-7-18)19(14-28)13-21-25(32)30-23-17(3)5-4-12-31(23)26(21)34/h4-13,16H,15H2,1-3H3. The minimum absolute atomic E-state index is 0.132. The van der Waals surface area contributed by atoms with Crippen molar-refractivity contribution in [3.63, 3.8) is 0 Å². The number of hydrogen-bond donors (Lipinski definition) is 0. The minimum Gasteiger partial charge on any atom is -0.309 e. The Hall–Kier alpha value is -4.02. The van der Waals surface area contributed by atoms with E-state index in [0.717, 1.165) is 11.1 Å². The molecule has 0 unspecified atom stereocenters. The van der Waals surface area contributed by atoms with Gasteiger partial charge in [0.2, 0.25) is 0 Å². The third-order valence-corrected chi connectivity index (χ3v) is 5.53. The number of carbonyl (C=O) groups is 1. The van der Waals surface area contributed by atoms with Crippen molar-refractivity contribution < 1.29 is 4.79 Å². The fraction of sp³-hybridized carbons (Fsp3) is 0.192. The lowest BCUT2D eigenvalue weighted by Crippen LogP contribution is -2.30. The van der Waals surface area contributed by atoms with E-state index in [1.807, 2.05) is 26.8 Å². The molecule has 0 aliphatic rings. The number of rotatable bonds is 4. The summed E-state index contributed by atoms with van der Waals surface area (Å²) in [6.45, 7) is 6.31. The van der Waals surface area contributed by atoms with Crippen LogP contribution in [0.15, 0.2) is 64.5 Å². The third kappa shape index (κ3) is 4.54. The number of aryl methyl sites for hydroxylation is 1. The highest BCUT2D eigenvalue weighted by Crippen LogP contribution is 2.14. The molecule has 3 aromatic heterocycles. The number of fused-ring (bicyclic) bond motifs is 2. The molecule has 7 nitrogen and oxygen atoms in total. The highest BCUT2D eigenvalue weighted by atomic mass is 35.5. The highest BCUT2D eigenvalue weighted by molar-refractivity contribution is 6.30. The van der Waals surface area contributed by atoms with Gasteiger partial charge in [0.05, 0.1) is 10.9 Å². The quantitative estimate of drug-likeness (QED) is 0.328. The van der Waals surface area contributed by atoms with Crippen LogP contribution in [0.5, 0.6) is 0 Å². The Morgan fingerprint density at radius 2 is 1.97 bits per heavy atom. The summed E-state index contributed by atoms with van der Waals surface area (Å²) >= 11 is 5.91. The van der Waals surface area contributed by atoms with Gasteiger partial charge in [0.15, 0.2) is 5.49 Å². The SMILES string of the molecule is Cc1cccn2c(=O)c3cc(C#N)c(=NC(=O)C=Cc4ccc(Cl)cc4)n(CC(C)C)c3nc12. The Kier molecular flexibility index (Phi) is 6.44. The lowest BCUT2D eigenvalue weighted by atomic mass is 10.1. The van der Waals surface area contributed by atoms with Crippen molar-refractivity contribution in [1.29, 1.82) is 5.26 Å². The second-order valence-electron chi connectivity index (χ2n) is 8.37. The van der Waals surface area contributed by atoms with Gasteiger partial charge in [-0.2, -0.15) is 10.3 Å². The summed E-state index contributed by atoms with van der Waals surface area (Å²) in [6, 6.07) is 14.2. The zero-order chi connectivity index (χ0) is 24.4. The van der Waals surface area contributed by atoms with Crippen LogP contribution in [0.1, 0.15) is 30.5 Å². The number of carbonyl (C=O) groups excluding carboxylic acids is 1. The molecule has 0 fully saturated rings. The van der Waals surface area contributed by atoms with E-state index < -0.39 is 5.91 Å². The monoisotopic (exact) mass is 471 g/mol. The predicted molar refractivity (Wildman–Crippen MR) is 132 cm³/mol. The first kappa shape index (κ1) is 23.1. The van der Waals surface area contributed by atoms with Crippen LogP contribution < -0.4 is 11.0 Å². The number of nitriles is 1. The van der Waals surface area contributed by atoms with Gasteiger partial charge in [0.1, 0.15) is 17.4 Å². The third-order valence-electron chi connectivity index (χ3n) is 5.28. The summed E-state index contributed by atoms with van der Waals surface area (Å²) in [7, 11) is 0. The zero-order valence-electron chi connectivity index (χ0n) is 19.0. The van der Waals surface area contributed by atoms with Crippen molar-refractivity contribution in [1.82, 2.24) is 14.0 Å². The average Bonchev–Trinajstić information content (AvgIpc) is 2.81. The molecule has 1 amide bonds. The molecule has 8 heteroatoms. The molecule has 3 heterocycles. The number of amides is 1. The molecule has 0 N–H and O–H groups in total. The fourth-order valence-electron chi connectivity index (χ4n) is 3.71. The Bertz CT molecular complexity index is 1620. The number of pyridine rings is 2. The second-order valence-corrected chi connectivity index (χ2v) is 8.81. The Balaban J connectivity index is 1.98. The van der Waals surface area contributed by atoms with Gasteiger partial charge in [-0.05, 0) is 54.3 Å². The molecule has 4 aromatic rings. The molecule has 0 aliphatic heterocycles. The van der Waals surface area contributed by atoms with Crippen LogP contribution in [0.3, 0.4) is 0 Å². The predicted octanol–water partition coefficient (Wildman–Crippen LogP) is 4.28. The molecular formula is C26H22ClN5O2. The molecule has 0 saturated heterocycles. The van der Waals surface area contributed by atoms with Crippen LogP contribution in [0, 0.1) is 24.2 Å². The van der Waals surface area contributed by atoms with Gasteiger partial charge < -0.3 is 4.57 Å². The van der Waals surface area contributed by atoms with Crippen molar-refractivity contribution in [3.05, 3.63) is 92.3 Å². The van der Waals surface area contributed by atoms with Gasteiger partial charge in [-0.3, -0.25) is 14.0 Å². The molecule has 1 aromatic carbocycles. The van der Waals surface area contributed by atoms with E-state index in [1.165, 1.54) is 16.5 Å². The number of aromatic nitrogens is 3. The number of nitrogens with zero attached hydrogens (tertiary/aromatic N) is 5. The molecular weight excluding hydrogens is 450 g/mol. The van der Waals surface area contributed by atoms with Crippen LogP contribution in [-0.4, -0.2) is 19.9 Å². The number of hydrogen-bond acceptors (Lipinski definition) is 4. The largest absolute Gasteiger partial charge is 0.309 e. The Morgan fingerprint density at radius 1 is 1.24 bits per heavy atom. The smallest absolute Gasteiger partial charge is 0.271 e. The molecule has 0 spiro atoms. The van der Waals surface area contributed by atoms with Gasteiger partial charge in [0, 0.05) is 23.8 Å². The van der Waals surface area contributed by atoms with Gasteiger partial charge in [-0.1, -0.05) is 43.6 Å². The van der Waals surface area contributed by atoms with Gasteiger partial charge in [-0.25, -0.2) is 4.98 Å². The van der Waals surface area contributed by atoms with Crippen LogP contribution >= 0.6 is 11.6 Å². The molecule has 0 saturated carbocycles. The van der Waals surface area contributed by atoms with Crippen molar-refractivity contribution >= 4 is 40.3 Å². The van der Waals surface area contributed by atoms with Crippen molar-refractivity contribution in [3.8, 4) is 6.07 Å². The number of halogens is 1. The van der Waals surface area contributed by atoms with Crippen LogP contribution in [-0.2, 0) is 11.3 Å². The Labute approximate surface area is 200 Å². The molecule has 0 bridgehead atoms. The Morgan fingerprint density at radius 3 is 2.65 bits per heavy atom. The van der Waals surface area contributed by atoms with E-state index in [0.29, 0.717) is 28.2 Å². The summed E-state index contributed by atoms with van der Waals surface area (Å²) < 4.78 is 3.16. The van der Waals surface area contributed by atoms with E-state index in [2.05, 4.69) is 11.1 Å². The average molecular weight is 472 g/mol. The van der Waals surface area contributed by atoms with Gasteiger partial charge >= 0.3 is 0 Å². The number of benzene rings is 1. The van der Waals surface area contributed by atoms with E-state index in [-0.39, 0.29) is 22.5 Å². The van der Waals surface area contributed by atoms with Crippen molar-refractivity contribution in [2.45, 2.75) is 27.3 Å². The first-order valence-corrected chi connectivity index (χ1v) is 11.1. The summed E-state index contributed by atoms with van der Waals surface area (Å²) in [5.74, 6) is -0.384. The van der Waals surface area contributed by atoms with Crippen LogP contribution in [0.4, 0.5) is 0 Å². The molecule has 4 rings (SSSR count). The van der Waals surface area contributed by atoms with E-state index in [1.54, 1.807) is 47.2 Å². The van der Waals surface area contributed by atoms with Gasteiger partial charge in [0.25, 0.3) is 11.5 Å². The molecule has 0 radical (unpaired) electrons. The summed E-state index contributed by atoms with van der Waals surface area (Å²) in [5.41, 5.74) is 2.56. The molecule has 0 atom stereocenters. The summed E-state index contributed by atoms with van der Waals surface area (Å²) in [4.78, 5) is 35.0. The maximum absolute atomic E-state index is 13.2. The second kappa shape index (κ2) is 9.46. The van der Waals surface area contributed by atoms with E-state index in [4.69, 9.17) is 16.6 Å². The fourth-order valence-corrected chi connectivity index (χ4v) is 3.84. The summed E-state index contributed by atoms with van der Waals surface area (Å²) in [6.07, 6.45) is 4.62. The van der Waals surface area contributed by atoms with Crippen molar-refractivity contribution in [2.75, 3.05) is 0 Å². The first-order valence-electron chi connectivity index (χ1n) is 10.8. The normalized spacial score (nSPS) is 12.2. The maximum Gasteiger partial charge on any atom is 0.271 e. The summed E-state index contributed by atoms with van der Waals surface area (Å²) in [5, 5.41) is 10.7. The highest BCUT2D eigenvalue weighted by Gasteiger charge is 2.16. The molecule has 34 heavy (non-hydrogen) atoms. The minimum atomic E-state index is -0.531. The maximum atomic E-state index is 13.2. The first-order chi connectivity index (χ1) is 16.3. The lowest BCUT2D eigenvalue weighted by Gasteiger charge is -2.15. The molecule has 170 valence electrons. The van der Waals surface area contributed by atoms with E-state index in [9.17, 15) is 14.9 Å². The van der Waals surface area contributed by atoms with Crippen LogP contribution in [0.2, 0.25) is 5.02 Å². The lowest BCUT2D eigenvalue weighted by molar-refractivity contribution is -0.113. The zero-order valence-corrected chi connectivity index (χ0v) is 19.7. The topological polar surface area (TPSA) is 92.5 Å². The molecule has 0 aliphatic carbocycles.